The number of nitrogens with zero attached hydrogens (tertiary/aromatic N) is 2. The number of rotatable bonds is 3. The van der Waals surface area contributed by atoms with Crippen molar-refractivity contribution in [3.05, 3.63) is 66.0 Å². The first-order valence-corrected chi connectivity index (χ1v) is 6.58. The Balaban J connectivity index is 1.81. The van der Waals surface area contributed by atoms with Crippen LogP contribution in [0.3, 0.4) is 0 Å². The van der Waals surface area contributed by atoms with E-state index in [1.54, 1.807) is 10.7 Å². The van der Waals surface area contributed by atoms with Gasteiger partial charge in [0, 0.05) is 6.20 Å². The minimum atomic E-state index is -0.470. The van der Waals surface area contributed by atoms with E-state index in [1.807, 2.05) is 48.5 Å². The molecule has 3 rings (SSSR count). The third kappa shape index (κ3) is 2.40. The number of benzene rings is 1. The molecule has 0 unspecified atom stereocenters. The second-order valence-corrected chi connectivity index (χ2v) is 4.74. The molecule has 0 amide bonds. The van der Waals surface area contributed by atoms with Gasteiger partial charge in [0.15, 0.2) is 5.69 Å². The highest BCUT2D eigenvalue weighted by molar-refractivity contribution is 7.80. The molecule has 2 heterocycles. The van der Waals surface area contributed by atoms with Gasteiger partial charge in [-0.3, -0.25) is 0 Å². The molecular weight excluding hydrogens is 272 g/mol. The van der Waals surface area contributed by atoms with Crippen LogP contribution >= 0.6 is 12.6 Å². The molecule has 0 aliphatic rings. The lowest BCUT2D eigenvalue weighted by Crippen LogP contribution is -2.07. The molecule has 4 nitrogen and oxygen atoms in total. The lowest BCUT2D eigenvalue weighted by molar-refractivity contribution is 0.0461. The Hall–Kier alpha value is -2.27. The molecular formula is C15H12N2O2S. The zero-order valence-electron chi connectivity index (χ0n) is 10.6. The van der Waals surface area contributed by atoms with Crippen molar-refractivity contribution in [2.75, 3.05) is 0 Å². The van der Waals surface area contributed by atoms with Gasteiger partial charge in [0.05, 0.1) is 10.4 Å². The Kier molecular flexibility index (Phi) is 3.43. The monoisotopic (exact) mass is 284 g/mol. The number of carbonyl (C=O) groups excluding carboxylic acids is 1. The molecule has 0 atom stereocenters. The number of ether oxygens (including phenoxy) is 1. The fraction of sp³-hybridized carbons (Fsp3) is 0.0667. The van der Waals surface area contributed by atoms with Crippen LogP contribution in [0.1, 0.15) is 16.1 Å². The van der Waals surface area contributed by atoms with E-state index in [-0.39, 0.29) is 12.3 Å². The van der Waals surface area contributed by atoms with Gasteiger partial charge < -0.3 is 4.74 Å². The van der Waals surface area contributed by atoms with Crippen LogP contribution < -0.4 is 0 Å². The molecule has 0 N–H and O–H groups in total. The molecule has 5 heteroatoms. The fourth-order valence-corrected chi connectivity index (χ4v) is 2.23. The molecule has 100 valence electrons. The van der Waals surface area contributed by atoms with Crippen molar-refractivity contribution in [2.24, 2.45) is 0 Å². The molecule has 0 radical (unpaired) electrons. The summed E-state index contributed by atoms with van der Waals surface area (Å²) in [6.45, 7) is 0.223. The number of hydrogen-bond acceptors (Lipinski definition) is 4. The van der Waals surface area contributed by atoms with E-state index in [0.717, 1.165) is 11.1 Å². The fourth-order valence-electron chi connectivity index (χ4n) is 1.91. The van der Waals surface area contributed by atoms with Crippen molar-refractivity contribution in [3.63, 3.8) is 0 Å². The lowest BCUT2D eigenvalue weighted by atomic mass is 10.2. The van der Waals surface area contributed by atoms with E-state index in [2.05, 4.69) is 17.7 Å². The number of esters is 1. The highest BCUT2D eigenvalue weighted by atomic mass is 32.1. The maximum Gasteiger partial charge on any atom is 0.360 e. The maximum atomic E-state index is 12.1. The van der Waals surface area contributed by atoms with Gasteiger partial charge in [-0.25, -0.2) is 9.31 Å². The van der Waals surface area contributed by atoms with Crippen LogP contribution in [0.5, 0.6) is 0 Å². The summed E-state index contributed by atoms with van der Waals surface area (Å²) < 4.78 is 6.87. The summed E-state index contributed by atoms with van der Waals surface area (Å²) in [6, 6.07) is 15.1. The third-order valence-corrected chi connectivity index (χ3v) is 3.36. The molecule has 0 bridgehead atoms. The largest absolute Gasteiger partial charge is 0.456 e. The molecule has 0 aliphatic heterocycles. The molecule has 2 aromatic heterocycles. The first-order chi connectivity index (χ1) is 9.75. The highest BCUT2D eigenvalue weighted by Gasteiger charge is 2.18. The minimum Gasteiger partial charge on any atom is -0.456 e. The molecule has 0 saturated carbocycles. The molecule has 20 heavy (non-hydrogen) atoms. The predicted octanol–water partition coefficient (Wildman–Crippen LogP) is 2.98. The number of aromatic nitrogens is 2. The number of thiol groups is 1. The Morgan fingerprint density at radius 1 is 1.15 bits per heavy atom. The molecule has 0 spiro atoms. The van der Waals surface area contributed by atoms with Crippen LogP contribution in [0.4, 0.5) is 0 Å². The van der Waals surface area contributed by atoms with Crippen LogP contribution in [0, 0.1) is 0 Å². The van der Waals surface area contributed by atoms with Crippen molar-refractivity contribution >= 4 is 24.1 Å². The van der Waals surface area contributed by atoms with Crippen LogP contribution in [-0.4, -0.2) is 15.6 Å². The average Bonchev–Trinajstić information content (AvgIpc) is 2.84. The van der Waals surface area contributed by atoms with E-state index in [1.165, 1.54) is 0 Å². The zero-order valence-corrected chi connectivity index (χ0v) is 11.5. The van der Waals surface area contributed by atoms with Crippen molar-refractivity contribution in [1.82, 2.24) is 9.61 Å². The van der Waals surface area contributed by atoms with Gasteiger partial charge in [-0.2, -0.15) is 5.10 Å². The third-order valence-electron chi connectivity index (χ3n) is 2.92. The second-order valence-electron chi connectivity index (χ2n) is 4.29. The highest BCUT2D eigenvalue weighted by Crippen LogP contribution is 2.20. The molecule has 1 aromatic carbocycles. The Labute approximate surface area is 121 Å². The molecule has 3 aromatic rings. The van der Waals surface area contributed by atoms with Crippen molar-refractivity contribution in [3.8, 4) is 0 Å². The van der Waals surface area contributed by atoms with Crippen LogP contribution in [0.2, 0.25) is 0 Å². The van der Waals surface area contributed by atoms with Gasteiger partial charge in [-0.15, -0.1) is 12.6 Å². The quantitative estimate of drug-likeness (QED) is 0.594. The molecule has 0 saturated heterocycles. The predicted molar refractivity (Wildman–Crippen MR) is 78.0 cm³/mol. The van der Waals surface area contributed by atoms with E-state index in [4.69, 9.17) is 4.74 Å². The number of pyridine rings is 1. The summed E-state index contributed by atoms with van der Waals surface area (Å²) >= 11 is 4.35. The topological polar surface area (TPSA) is 43.6 Å². The molecule has 0 aliphatic carbocycles. The molecule has 0 fully saturated rings. The second kappa shape index (κ2) is 5.38. The van der Waals surface area contributed by atoms with Crippen LogP contribution in [0.15, 0.2) is 59.6 Å². The summed E-state index contributed by atoms with van der Waals surface area (Å²) in [5.74, 6) is -0.470. The van der Waals surface area contributed by atoms with Gasteiger partial charge in [0.25, 0.3) is 0 Å². The van der Waals surface area contributed by atoms with Crippen LogP contribution in [0.25, 0.3) is 5.52 Å². The Morgan fingerprint density at radius 2 is 1.90 bits per heavy atom. The summed E-state index contributed by atoms with van der Waals surface area (Å²) in [4.78, 5) is 12.6. The van der Waals surface area contributed by atoms with Gasteiger partial charge in [0.2, 0.25) is 0 Å². The SMILES string of the molecule is O=C(OCc1ccccc1)c1nn2ccccc2c1S. The first kappa shape index (κ1) is 12.7. The summed E-state index contributed by atoms with van der Waals surface area (Å²) in [6.07, 6.45) is 1.77. The smallest absolute Gasteiger partial charge is 0.360 e. The van der Waals surface area contributed by atoms with Crippen molar-refractivity contribution < 1.29 is 9.53 Å². The summed E-state index contributed by atoms with van der Waals surface area (Å²) in [5, 5.41) is 4.19. The number of carbonyl (C=O) groups is 1. The summed E-state index contributed by atoms with van der Waals surface area (Å²) in [5.41, 5.74) is 1.95. The van der Waals surface area contributed by atoms with Crippen LogP contribution in [-0.2, 0) is 11.3 Å². The number of hydrogen-bond donors (Lipinski definition) is 1. The van der Waals surface area contributed by atoms with Crippen molar-refractivity contribution in [2.45, 2.75) is 11.5 Å². The van der Waals surface area contributed by atoms with E-state index in [9.17, 15) is 4.79 Å². The normalized spacial score (nSPS) is 10.7. The van der Waals surface area contributed by atoms with Gasteiger partial charge >= 0.3 is 5.97 Å². The maximum absolute atomic E-state index is 12.1. The summed E-state index contributed by atoms with van der Waals surface area (Å²) in [7, 11) is 0. The van der Waals surface area contributed by atoms with Gasteiger partial charge in [-0.1, -0.05) is 36.4 Å². The van der Waals surface area contributed by atoms with E-state index < -0.39 is 5.97 Å². The van der Waals surface area contributed by atoms with Crippen molar-refractivity contribution in [1.29, 1.82) is 0 Å². The first-order valence-electron chi connectivity index (χ1n) is 6.13. The minimum absolute atomic E-state index is 0.223. The number of fused-ring (bicyclic) bond motifs is 1. The van der Waals surface area contributed by atoms with E-state index in [0.29, 0.717) is 4.90 Å². The average molecular weight is 284 g/mol. The Bertz CT molecular complexity index is 753. The Morgan fingerprint density at radius 3 is 2.65 bits per heavy atom. The van der Waals surface area contributed by atoms with Gasteiger partial charge in [0.1, 0.15) is 6.61 Å². The van der Waals surface area contributed by atoms with E-state index >= 15 is 0 Å². The standard InChI is InChI=1S/C15H12N2O2S/c18-15(19-10-11-6-2-1-3-7-11)13-14(20)12-8-4-5-9-17(12)16-13/h1-9,20H,10H2. The lowest BCUT2D eigenvalue weighted by Gasteiger charge is -2.03. The van der Waals surface area contributed by atoms with Gasteiger partial charge in [-0.05, 0) is 17.7 Å². The zero-order chi connectivity index (χ0) is 13.9.